The Morgan fingerprint density at radius 1 is 1.05 bits per heavy atom. The van der Waals surface area contributed by atoms with Crippen LogP contribution in [-0.2, 0) is 29.5 Å². The number of aliphatic hydroxyl groups excluding tert-OH is 3. The number of fused-ring (bicyclic) bond motifs is 6. The average Bonchev–Trinajstić information content (AvgIpc) is 3.53. The van der Waals surface area contributed by atoms with Gasteiger partial charge in [-0.2, -0.15) is 0 Å². The van der Waals surface area contributed by atoms with Crippen LogP contribution in [0.4, 0.5) is 0 Å². The van der Waals surface area contributed by atoms with Crippen molar-refractivity contribution in [3.63, 3.8) is 0 Å². The molecule has 2 spiro atoms. The van der Waals surface area contributed by atoms with Crippen LogP contribution in [0.25, 0.3) is 0 Å². The average molecular weight is 533 g/mol. The van der Waals surface area contributed by atoms with Gasteiger partial charge in [0.15, 0.2) is 5.60 Å². The van der Waals surface area contributed by atoms with Crippen molar-refractivity contribution in [2.24, 2.45) is 17.6 Å². The number of aromatic hydroxyl groups is 1. The molecule has 5 aliphatic rings. The van der Waals surface area contributed by atoms with Gasteiger partial charge in [0.05, 0.1) is 50.1 Å². The smallest absolute Gasteiger partial charge is 0.253 e. The molecule has 38 heavy (non-hydrogen) atoms. The largest absolute Gasteiger partial charge is 0.510 e. The number of likely N-dealkylation sites (N-methyl/N-ethyl adjacent to an activating group) is 1. The molecule has 12 nitrogen and oxygen atoms in total. The van der Waals surface area contributed by atoms with E-state index >= 15 is 0 Å². The lowest BCUT2D eigenvalue weighted by molar-refractivity contribution is -0.296. The standard InChI is InChI=1S/C26H32N2O10/c1-11-12-5-4-6-13(29)15(12)25(35-7-8-36-25)16-14(11)20(30)17-19(28(2)3)21(31)18(23(27)33)26(37-9-10-38-26)24(17,34)22(16)32/h4-6,11,14,17,19-20,29-32,34H,7-10H2,1-3H3,(H2,27,33)/t11-,14+,17+,19-,20-,24-/m0/s1. The number of phenols is 1. The predicted molar refractivity (Wildman–Crippen MR) is 129 cm³/mol. The van der Waals surface area contributed by atoms with Gasteiger partial charge in [0.1, 0.15) is 22.8 Å². The Kier molecular flexibility index (Phi) is 5.48. The van der Waals surface area contributed by atoms with E-state index in [2.05, 4.69) is 0 Å². The fraction of sp³-hybridized carbons (Fsp3) is 0.577. The second-order valence-corrected chi connectivity index (χ2v) is 10.8. The second kappa shape index (κ2) is 8.15. The van der Waals surface area contributed by atoms with Gasteiger partial charge in [-0.1, -0.05) is 19.1 Å². The molecule has 6 atom stereocenters. The lowest BCUT2D eigenvalue weighted by Gasteiger charge is -2.60. The number of phenolic OH excluding ortho intramolecular Hbond substituents is 1. The van der Waals surface area contributed by atoms with E-state index in [0.717, 1.165) is 0 Å². The Hall–Kier alpha value is -2.71. The minimum Gasteiger partial charge on any atom is -0.510 e. The molecular weight excluding hydrogens is 500 g/mol. The summed E-state index contributed by atoms with van der Waals surface area (Å²) >= 11 is 0. The first-order chi connectivity index (χ1) is 18.0. The third-order valence-corrected chi connectivity index (χ3v) is 8.85. The Labute approximate surface area is 218 Å². The van der Waals surface area contributed by atoms with Crippen molar-refractivity contribution in [3.8, 4) is 5.75 Å². The van der Waals surface area contributed by atoms with E-state index < -0.39 is 70.1 Å². The molecule has 2 aliphatic heterocycles. The Bertz CT molecular complexity index is 1260. The minimum atomic E-state index is -2.62. The molecule has 0 unspecified atom stereocenters. The molecule has 1 aromatic carbocycles. The number of primary amides is 1. The zero-order chi connectivity index (χ0) is 27.4. The fourth-order valence-corrected chi connectivity index (χ4v) is 7.52. The minimum absolute atomic E-state index is 0.0102. The van der Waals surface area contributed by atoms with E-state index in [1.165, 1.54) is 11.0 Å². The fourth-order valence-electron chi connectivity index (χ4n) is 7.52. The van der Waals surface area contributed by atoms with Crippen molar-refractivity contribution in [3.05, 3.63) is 52.0 Å². The molecule has 1 aromatic rings. The molecule has 0 saturated carbocycles. The highest BCUT2D eigenvalue weighted by Gasteiger charge is 2.77. The molecule has 2 fully saturated rings. The normalized spacial score (nSPS) is 37.1. The first-order valence-corrected chi connectivity index (χ1v) is 12.6. The molecular formula is C26H32N2O10. The lowest BCUT2D eigenvalue weighted by Crippen LogP contribution is -2.75. The first kappa shape index (κ1) is 25.6. The van der Waals surface area contributed by atoms with E-state index in [9.17, 15) is 30.3 Å². The number of hydrogen-bond acceptors (Lipinski definition) is 11. The van der Waals surface area contributed by atoms with Crippen molar-refractivity contribution in [2.45, 2.75) is 42.2 Å². The van der Waals surface area contributed by atoms with Crippen LogP contribution < -0.4 is 5.73 Å². The van der Waals surface area contributed by atoms with Crippen LogP contribution in [0.5, 0.6) is 5.75 Å². The van der Waals surface area contributed by atoms with Gasteiger partial charge < -0.3 is 50.2 Å². The van der Waals surface area contributed by atoms with Crippen LogP contribution in [0, 0.1) is 11.8 Å². The zero-order valence-corrected chi connectivity index (χ0v) is 21.2. The number of carbonyl (C=O) groups is 1. The molecule has 1 amide bonds. The van der Waals surface area contributed by atoms with Crippen molar-refractivity contribution >= 4 is 5.91 Å². The number of benzene rings is 1. The van der Waals surface area contributed by atoms with Gasteiger partial charge in [-0.15, -0.1) is 0 Å². The third-order valence-electron chi connectivity index (χ3n) is 8.85. The molecule has 206 valence electrons. The Morgan fingerprint density at radius 2 is 1.66 bits per heavy atom. The van der Waals surface area contributed by atoms with Gasteiger partial charge >= 0.3 is 0 Å². The van der Waals surface area contributed by atoms with E-state index in [4.69, 9.17) is 24.7 Å². The molecule has 2 heterocycles. The lowest BCUT2D eigenvalue weighted by atomic mass is 9.53. The number of rotatable bonds is 2. The van der Waals surface area contributed by atoms with Crippen LogP contribution >= 0.6 is 0 Å². The summed E-state index contributed by atoms with van der Waals surface area (Å²) in [7, 11) is 3.19. The van der Waals surface area contributed by atoms with E-state index in [1.54, 1.807) is 26.2 Å². The van der Waals surface area contributed by atoms with Crippen LogP contribution in [0.3, 0.4) is 0 Å². The van der Waals surface area contributed by atoms with Crippen LogP contribution in [0.15, 0.2) is 40.9 Å². The van der Waals surface area contributed by atoms with Gasteiger partial charge in [-0.3, -0.25) is 9.69 Å². The van der Waals surface area contributed by atoms with Gasteiger partial charge in [-0.05, 0) is 31.6 Å². The highest BCUT2D eigenvalue weighted by atomic mass is 16.8. The monoisotopic (exact) mass is 532 g/mol. The van der Waals surface area contributed by atoms with Crippen molar-refractivity contribution in [1.82, 2.24) is 4.90 Å². The predicted octanol–water partition coefficient (Wildman–Crippen LogP) is -0.157. The summed E-state index contributed by atoms with van der Waals surface area (Å²) in [6.07, 6.45) is -1.45. The van der Waals surface area contributed by atoms with Crippen molar-refractivity contribution < 1.29 is 49.3 Å². The number of nitrogens with two attached hydrogens (primary N) is 1. The van der Waals surface area contributed by atoms with Gasteiger partial charge in [0, 0.05) is 11.5 Å². The first-order valence-electron chi connectivity index (χ1n) is 12.6. The maximum atomic E-state index is 12.8. The molecule has 0 radical (unpaired) electrons. The number of nitrogens with zero attached hydrogens (tertiary/aromatic N) is 1. The quantitative estimate of drug-likeness (QED) is 0.297. The number of ether oxygens (including phenoxy) is 4. The summed E-state index contributed by atoms with van der Waals surface area (Å²) in [5.74, 6) is -9.51. The highest BCUT2D eigenvalue weighted by Crippen LogP contribution is 2.65. The van der Waals surface area contributed by atoms with Crippen LogP contribution in [-0.4, -0.2) is 100 Å². The molecule has 0 bridgehead atoms. The van der Waals surface area contributed by atoms with Crippen LogP contribution in [0.1, 0.15) is 24.0 Å². The van der Waals surface area contributed by atoms with Gasteiger partial charge in [0.2, 0.25) is 11.6 Å². The summed E-state index contributed by atoms with van der Waals surface area (Å²) in [5.41, 5.74) is 3.40. The SMILES string of the molecule is C[C@H]1c2cccc(O)c2C2(OCCO2)C2=C(O)[C@@]3(O)[C@@H]([C@@H](O)[C@@H]21)[C@H](N(C)C)C(O)=C(C(N)=O)C31OCCO1. The van der Waals surface area contributed by atoms with Crippen molar-refractivity contribution in [2.75, 3.05) is 40.5 Å². The number of amides is 1. The Morgan fingerprint density at radius 3 is 2.24 bits per heavy atom. The third kappa shape index (κ3) is 2.75. The summed E-state index contributed by atoms with van der Waals surface area (Å²) < 4.78 is 23.9. The molecule has 3 aliphatic carbocycles. The summed E-state index contributed by atoms with van der Waals surface area (Å²) in [6, 6.07) is 3.75. The van der Waals surface area contributed by atoms with Gasteiger partial charge in [0.25, 0.3) is 5.91 Å². The molecule has 2 saturated heterocycles. The molecule has 12 heteroatoms. The molecule has 7 N–H and O–H groups in total. The highest BCUT2D eigenvalue weighted by molar-refractivity contribution is 5.95. The number of carbonyl (C=O) groups excluding carboxylic acids is 1. The molecule has 6 rings (SSSR count). The van der Waals surface area contributed by atoms with E-state index in [-0.39, 0.29) is 43.3 Å². The summed E-state index contributed by atoms with van der Waals surface area (Å²) in [6.45, 7) is 1.85. The van der Waals surface area contributed by atoms with E-state index in [0.29, 0.717) is 5.56 Å². The summed E-state index contributed by atoms with van der Waals surface area (Å²) in [5, 5.41) is 59.3. The van der Waals surface area contributed by atoms with Gasteiger partial charge in [-0.25, -0.2) is 0 Å². The maximum Gasteiger partial charge on any atom is 0.253 e. The zero-order valence-electron chi connectivity index (χ0n) is 21.2. The molecule has 0 aromatic heterocycles. The second-order valence-electron chi connectivity index (χ2n) is 10.8. The summed E-state index contributed by atoms with van der Waals surface area (Å²) in [4.78, 5) is 14.3. The van der Waals surface area contributed by atoms with E-state index in [1.807, 2.05) is 6.92 Å². The van der Waals surface area contributed by atoms with Crippen molar-refractivity contribution in [1.29, 1.82) is 0 Å². The topological polar surface area (TPSA) is 184 Å². The van der Waals surface area contributed by atoms with Crippen LogP contribution in [0.2, 0.25) is 0 Å². The maximum absolute atomic E-state index is 12.8. The number of hydrogen-bond donors (Lipinski definition) is 6. The number of aliphatic hydroxyl groups is 4. The Balaban J connectivity index is 1.74.